The highest BCUT2D eigenvalue weighted by molar-refractivity contribution is 5.74. The SMILES string of the molecule is CC[C@@H](NC(=O)NCc1cc(C)on1)c1ccc(OC)cc1. The van der Waals surface area contributed by atoms with Crippen molar-refractivity contribution in [1.82, 2.24) is 15.8 Å². The summed E-state index contributed by atoms with van der Waals surface area (Å²) in [5, 5.41) is 9.55. The summed E-state index contributed by atoms with van der Waals surface area (Å²) in [6, 6.07) is 9.18. The third kappa shape index (κ3) is 4.25. The number of urea groups is 1. The lowest BCUT2D eigenvalue weighted by Crippen LogP contribution is -2.37. The van der Waals surface area contributed by atoms with Gasteiger partial charge in [0.15, 0.2) is 0 Å². The average Bonchev–Trinajstić information content (AvgIpc) is 2.96. The zero-order chi connectivity index (χ0) is 15.9. The van der Waals surface area contributed by atoms with Gasteiger partial charge in [0, 0.05) is 6.07 Å². The van der Waals surface area contributed by atoms with Gasteiger partial charge in [0.25, 0.3) is 0 Å². The Morgan fingerprint density at radius 2 is 2.09 bits per heavy atom. The molecule has 6 heteroatoms. The molecule has 0 aliphatic carbocycles. The van der Waals surface area contributed by atoms with Gasteiger partial charge >= 0.3 is 6.03 Å². The summed E-state index contributed by atoms with van der Waals surface area (Å²) in [6.07, 6.45) is 0.794. The van der Waals surface area contributed by atoms with E-state index in [2.05, 4.69) is 15.8 Å². The molecule has 118 valence electrons. The number of aromatic nitrogens is 1. The van der Waals surface area contributed by atoms with Crippen LogP contribution in [0.1, 0.15) is 36.4 Å². The maximum absolute atomic E-state index is 12.0. The summed E-state index contributed by atoms with van der Waals surface area (Å²) >= 11 is 0. The first-order valence-electron chi connectivity index (χ1n) is 7.23. The van der Waals surface area contributed by atoms with Crippen molar-refractivity contribution in [3.8, 4) is 5.75 Å². The van der Waals surface area contributed by atoms with Gasteiger partial charge in [-0.3, -0.25) is 0 Å². The molecule has 0 saturated heterocycles. The second kappa shape index (κ2) is 7.49. The van der Waals surface area contributed by atoms with Crippen LogP contribution in [0.3, 0.4) is 0 Å². The predicted octanol–water partition coefficient (Wildman–Crippen LogP) is 2.94. The summed E-state index contributed by atoms with van der Waals surface area (Å²) in [6.45, 7) is 4.17. The summed E-state index contributed by atoms with van der Waals surface area (Å²) in [7, 11) is 1.63. The molecule has 2 N–H and O–H groups in total. The van der Waals surface area contributed by atoms with E-state index in [9.17, 15) is 4.79 Å². The smallest absolute Gasteiger partial charge is 0.315 e. The molecule has 22 heavy (non-hydrogen) atoms. The standard InChI is InChI=1S/C16H21N3O3/c1-4-15(12-5-7-14(21-3)8-6-12)18-16(20)17-10-13-9-11(2)22-19-13/h5-9,15H,4,10H2,1-3H3,(H2,17,18,20)/t15-/m1/s1. The first-order valence-corrected chi connectivity index (χ1v) is 7.23. The summed E-state index contributed by atoms with van der Waals surface area (Å²) in [5.41, 5.74) is 1.74. The van der Waals surface area contributed by atoms with Gasteiger partial charge in [0.1, 0.15) is 17.2 Å². The number of nitrogens with one attached hydrogen (secondary N) is 2. The number of carbonyl (C=O) groups is 1. The minimum absolute atomic E-state index is 0.0510. The van der Waals surface area contributed by atoms with Crippen molar-refractivity contribution >= 4 is 6.03 Å². The number of hydrogen-bond acceptors (Lipinski definition) is 4. The van der Waals surface area contributed by atoms with Crippen molar-refractivity contribution in [1.29, 1.82) is 0 Å². The van der Waals surface area contributed by atoms with Crippen LogP contribution in [0.5, 0.6) is 5.75 Å². The minimum Gasteiger partial charge on any atom is -0.497 e. The monoisotopic (exact) mass is 303 g/mol. The van der Waals surface area contributed by atoms with E-state index in [4.69, 9.17) is 9.26 Å². The molecular weight excluding hydrogens is 282 g/mol. The quantitative estimate of drug-likeness (QED) is 0.860. The lowest BCUT2D eigenvalue weighted by atomic mass is 10.0. The van der Waals surface area contributed by atoms with Crippen LogP contribution in [-0.2, 0) is 6.54 Å². The van der Waals surface area contributed by atoms with Crippen LogP contribution in [0.2, 0.25) is 0 Å². The molecule has 0 aliphatic rings. The van der Waals surface area contributed by atoms with Crippen LogP contribution >= 0.6 is 0 Å². The first kappa shape index (κ1) is 15.9. The second-order valence-corrected chi connectivity index (χ2v) is 4.99. The van der Waals surface area contributed by atoms with Gasteiger partial charge in [-0.15, -0.1) is 0 Å². The Morgan fingerprint density at radius 1 is 1.36 bits per heavy atom. The topological polar surface area (TPSA) is 76.4 Å². The molecule has 0 bridgehead atoms. The third-order valence-electron chi connectivity index (χ3n) is 3.34. The van der Waals surface area contributed by atoms with Crippen LogP contribution < -0.4 is 15.4 Å². The highest BCUT2D eigenvalue weighted by Gasteiger charge is 2.13. The highest BCUT2D eigenvalue weighted by Crippen LogP contribution is 2.19. The number of nitrogens with zero attached hydrogens (tertiary/aromatic N) is 1. The van der Waals surface area contributed by atoms with Crippen molar-refractivity contribution in [3.05, 3.63) is 47.3 Å². The van der Waals surface area contributed by atoms with E-state index in [-0.39, 0.29) is 12.1 Å². The van der Waals surface area contributed by atoms with Gasteiger partial charge in [-0.05, 0) is 31.0 Å². The maximum Gasteiger partial charge on any atom is 0.315 e. The van der Waals surface area contributed by atoms with E-state index in [1.54, 1.807) is 13.2 Å². The van der Waals surface area contributed by atoms with Crippen LogP contribution in [0, 0.1) is 6.92 Å². The number of ether oxygens (including phenoxy) is 1. The molecule has 1 aromatic carbocycles. The predicted molar refractivity (Wildman–Crippen MR) is 82.6 cm³/mol. The Hall–Kier alpha value is -2.50. The van der Waals surface area contributed by atoms with Gasteiger partial charge in [0.05, 0.1) is 19.7 Å². The number of benzene rings is 1. The molecule has 0 spiro atoms. The molecule has 0 unspecified atom stereocenters. The van der Waals surface area contributed by atoms with Crippen molar-refractivity contribution in [3.63, 3.8) is 0 Å². The van der Waals surface area contributed by atoms with Crippen LogP contribution in [0.15, 0.2) is 34.9 Å². The normalized spacial score (nSPS) is 11.8. The zero-order valence-electron chi connectivity index (χ0n) is 13.1. The van der Waals surface area contributed by atoms with Gasteiger partial charge in [0.2, 0.25) is 0 Å². The molecule has 1 aromatic heterocycles. The van der Waals surface area contributed by atoms with E-state index in [0.717, 1.165) is 23.5 Å². The van der Waals surface area contributed by atoms with Crippen molar-refractivity contribution in [2.45, 2.75) is 32.9 Å². The Bertz CT molecular complexity index is 607. The number of amides is 2. The number of hydrogen-bond donors (Lipinski definition) is 2. The Kier molecular flexibility index (Phi) is 5.41. The summed E-state index contributed by atoms with van der Waals surface area (Å²) in [4.78, 5) is 12.0. The summed E-state index contributed by atoms with van der Waals surface area (Å²) < 4.78 is 10.1. The van der Waals surface area contributed by atoms with Gasteiger partial charge < -0.3 is 19.9 Å². The Morgan fingerprint density at radius 3 is 2.64 bits per heavy atom. The minimum atomic E-state index is -0.233. The molecule has 1 heterocycles. The molecule has 0 radical (unpaired) electrons. The lowest BCUT2D eigenvalue weighted by molar-refractivity contribution is 0.236. The molecule has 0 fully saturated rings. The van der Waals surface area contributed by atoms with Crippen LogP contribution in [-0.4, -0.2) is 18.3 Å². The lowest BCUT2D eigenvalue weighted by Gasteiger charge is -2.18. The Labute approximate surface area is 129 Å². The van der Waals surface area contributed by atoms with E-state index >= 15 is 0 Å². The van der Waals surface area contributed by atoms with E-state index in [1.165, 1.54) is 0 Å². The molecule has 2 amide bonds. The molecular formula is C16H21N3O3. The molecule has 0 saturated carbocycles. The average molecular weight is 303 g/mol. The number of carbonyl (C=O) groups excluding carboxylic acids is 1. The Balaban J connectivity index is 1.89. The second-order valence-electron chi connectivity index (χ2n) is 4.99. The van der Waals surface area contributed by atoms with Gasteiger partial charge in [-0.25, -0.2) is 4.79 Å². The molecule has 0 aliphatic heterocycles. The molecule has 2 rings (SSSR count). The molecule has 1 atom stereocenters. The maximum atomic E-state index is 12.0. The fourth-order valence-corrected chi connectivity index (χ4v) is 2.14. The molecule has 2 aromatic rings. The first-order chi connectivity index (χ1) is 10.6. The fraction of sp³-hybridized carbons (Fsp3) is 0.375. The van der Waals surface area contributed by atoms with Crippen molar-refractivity contribution < 1.29 is 14.1 Å². The largest absolute Gasteiger partial charge is 0.497 e. The number of rotatable bonds is 6. The number of methoxy groups -OCH3 is 1. The number of aryl methyl sites for hydroxylation is 1. The fourth-order valence-electron chi connectivity index (χ4n) is 2.14. The third-order valence-corrected chi connectivity index (χ3v) is 3.34. The van der Waals surface area contributed by atoms with Gasteiger partial charge in [-0.2, -0.15) is 0 Å². The van der Waals surface area contributed by atoms with E-state index < -0.39 is 0 Å². The van der Waals surface area contributed by atoms with Crippen molar-refractivity contribution in [2.24, 2.45) is 0 Å². The summed E-state index contributed by atoms with van der Waals surface area (Å²) in [5.74, 6) is 1.52. The van der Waals surface area contributed by atoms with Crippen LogP contribution in [0.4, 0.5) is 4.79 Å². The van der Waals surface area contributed by atoms with Crippen molar-refractivity contribution in [2.75, 3.05) is 7.11 Å². The molecule has 6 nitrogen and oxygen atoms in total. The highest BCUT2D eigenvalue weighted by atomic mass is 16.5. The van der Waals surface area contributed by atoms with E-state index in [1.807, 2.05) is 38.1 Å². The van der Waals surface area contributed by atoms with E-state index in [0.29, 0.717) is 12.2 Å². The zero-order valence-corrected chi connectivity index (χ0v) is 13.1. The van der Waals surface area contributed by atoms with Crippen LogP contribution in [0.25, 0.3) is 0 Å². The van der Waals surface area contributed by atoms with Gasteiger partial charge in [-0.1, -0.05) is 24.2 Å².